The van der Waals surface area contributed by atoms with Gasteiger partial charge in [-0.2, -0.15) is 0 Å². The molecular weight excluding hydrogens is 380 g/mol. The van der Waals surface area contributed by atoms with E-state index in [1.807, 2.05) is 6.92 Å². The number of hydrogen-bond donors (Lipinski definition) is 1. The van der Waals surface area contributed by atoms with Crippen molar-refractivity contribution in [2.45, 2.75) is 6.92 Å². The summed E-state index contributed by atoms with van der Waals surface area (Å²) in [6.45, 7) is 1.83. The number of furan rings is 2. The maximum Gasteiger partial charge on any atom is 0.260 e. The number of benzene rings is 1. The molecule has 0 atom stereocenters. The zero-order chi connectivity index (χ0) is 18.4. The van der Waals surface area contributed by atoms with Crippen molar-refractivity contribution < 1.29 is 13.6 Å². The van der Waals surface area contributed by atoms with Crippen LogP contribution >= 0.6 is 23.2 Å². The summed E-state index contributed by atoms with van der Waals surface area (Å²) in [5, 5.41) is 2.96. The highest BCUT2D eigenvalue weighted by atomic mass is 35.5. The van der Waals surface area contributed by atoms with Crippen molar-refractivity contribution in [1.29, 1.82) is 0 Å². The SMILES string of the molecule is Cc1cc(-c2c(C(=O)Nc3cnc(Cl)c(Cl)c3)c3oc2cc3F)ccn1. The second kappa shape index (κ2) is 6.23. The van der Waals surface area contributed by atoms with Crippen LogP contribution in [0.25, 0.3) is 22.3 Å². The third-order valence-corrected chi connectivity index (χ3v) is 4.56. The Morgan fingerprint density at radius 1 is 1.23 bits per heavy atom. The highest BCUT2D eigenvalue weighted by Gasteiger charge is 2.28. The van der Waals surface area contributed by atoms with Crippen molar-refractivity contribution in [2.75, 3.05) is 5.32 Å². The molecule has 0 aliphatic heterocycles. The number of amides is 1. The Bertz CT molecular complexity index is 1140. The van der Waals surface area contributed by atoms with E-state index in [-0.39, 0.29) is 21.3 Å². The van der Waals surface area contributed by atoms with Crippen molar-refractivity contribution in [3.05, 3.63) is 63.9 Å². The molecule has 1 amide bonds. The summed E-state index contributed by atoms with van der Waals surface area (Å²) in [6.07, 6.45) is 2.98. The van der Waals surface area contributed by atoms with E-state index in [1.54, 1.807) is 18.3 Å². The van der Waals surface area contributed by atoms with Crippen LogP contribution in [0.2, 0.25) is 10.2 Å². The van der Waals surface area contributed by atoms with Crippen LogP contribution in [0.4, 0.5) is 10.1 Å². The number of anilines is 1. The van der Waals surface area contributed by atoms with Crippen molar-refractivity contribution in [3.8, 4) is 11.1 Å². The van der Waals surface area contributed by atoms with Crippen LogP contribution in [-0.2, 0) is 0 Å². The van der Waals surface area contributed by atoms with E-state index in [0.717, 1.165) is 5.69 Å². The Labute approximate surface area is 157 Å². The normalized spacial score (nSPS) is 11.2. The molecule has 0 radical (unpaired) electrons. The summed E-state index contributed by atoms with van der Waals surface area (Å²) >= 11 is 11.7. The van der Waals surface area contributed by atoms with Crippen LogP contribution in [0.5, 0.6) is 0 Å². The molecule has 26 heavy (non-hydrogen) atoms. The fraction of sp³-hybridized carbons (Fsp3) is 0.0556. The van der Waals surface area contributed by atoms with E-state index in [1.165, 1.54) is 18.3 Å². The number of rotatable bonds is 3. The Kier molecular flexibility index (Phi) is 4.01. The van der Waals surface area contributed by atoms with Gasteiger partial charge in [0.1, 0.15) is 10.7 Å². The molecule has 0 aliphatic carbocycles. The van der Waals surface area contributed by atoms with E-state index in [4.69, 9.17) is 27.6 Å². The molecule has 4 heterocycles. The molecule has 0 unspecified atom stereocenters. The zero-order valence-corrected chi connectivity index (χ0v) is 14.8. The Balaban J connectivity index is 1.79. The fourth-order valence-electron chi connectivity index (χ4n) is 2.79. The number of aryl methyl sites for hydroxylation is 1. The van der Waals surface area contributed by atoms with E-state index >= 15 is 0 Å². The molecule has 5 nitrogen and oxygen atoms in total. The van der Waals surface area contributed by atoms with Gasteiger partial charge < -0.3 is 9.73 Å². The molecule has 0 fully saturated rings. The predicted octanol–water partition coefficient (Wildman–Crippen LogP) is 5.33. The van der Waals surface area contributed by atoms with Gasteiger partial charge in [-0.1, -0.05) is 23.2 Å². The minimum absolute atomic E-state index is 0.102. The lowest BCUT2D eigenvalue weighted by atomic mass is 9.99. The van der Waals surface area contributed by atoms with Gasteiger partial charge in [0.2, 0.25) is 0 Å². The lowest BCUT2D eigenvalue weighted by Crippen LogP contribution is -2.13. The Morgan fingerprint density at radius 2 is 2.04 bits per heavy atom. The van der Waals surface area contributed by atoms with Crippen molar-refractivity contribution in [3.63, 3.8) is 0 Å². The van der Waals surface area contributed by atoms with E-state index < -0.39 is 11.7 Å². The monoisotopic (exact) mass is 389 g/mol. The largest absolute Gasteiger partial charge is 0.453 e. The van der Waals surface area contributed by atoms with Crippen LogP contribution in [0.1, 0.15) is 16.1 Å². The van der Waals surface area contributed by atoms with Gasteiger partial charge in [-0.15, -0.1) is 0 Å². The number of nitrogens with one attached hydrogen (secondary N) is 1. The minimum Gasteiger partial charge on any atom is -0.453 e. The summed E-state index contributed by atoms with van der Waals surface area (Å²) < 4.78 is 19.5. The third-order valence-electron chi connectivity index (χ3n) is 3.88. The molecule has 0 aliphatic rings. The summed E-state index contributed by atoms with van der Waals surface area (Å²) in [4.78, 5) is 20.8. The summed E-state index contributed by atoms with van der Waals surface area (Å²) in [5.41, 5.74) is 2.62. The summed E-state index contributed by atoms with van der Waals surface area (Å²) in [6, 6.07) is 6.26. The van der Waals surface area contributed by atoms with Crippen LogP contribution in [-0.4, -0.2) is 15.9 Å². The van der Waals surface area contributed by atoms with Gasteiger partial charge in [0, 0.05) is 23.5 Å². The first kappa shape index (κ1) is 16.8. The topological polar surface area (TPSA) is 68.0 Å². The van der Waals surface area contributed by atoms with Gasteiger partial charge in [-0.05, 0) is 30.7 Å². The lowest BCUT2D eigenvalue weighted by molar-refractivity contribution is 0.102. The van der Waals surface area contributed by atoms with Gasteiger partial charge in [0.15, 0.2) is 11.4 Å². The first-order chi connectivity index (χ1) is 12.4. The number of halogens is 3. The minimum atomic E-state index is -0.591. The number of pyridine rings is 2. The van der Waals surface area contributed by atoms with Gasteiger partial charge in [-0.3, -0.25) is 9.78 Å². The molecule has 2 bridgehead atoms. The average molecular weight is 390 g/mol. The van der Waals surface area contributed by atoms with Crippen molar-refractivity contribution in [2.24, 2.45) is 0 Å². The van der Waals surface area contributed by atoms with Crippen LogP contribution < -0.4 is 5.32 Å². The smallest absolute Gasteiger partial charge is 0.260 e. The molecule has 4 rings (SSSR count). The standard InChI is InChI=1S/C18H10Cl2FN3O2/c1-8-4-9(2-3-22-8)14-13-6-12(21)16(26-13)15(14)18(25)24-10-5-11(19)17(20)23-7-10/h2-7H,1H3,(H,24,25). The summed E-state index contributed by atoms with van der Waals surface area (Å²) in [7, 11) is 0. The Morgan fingerprint density at radius 3 is 2.77 bits per heavy atom. The molecular formula is C18H10Cl2FN3O2. The maximum atomic E-state index is 14.1. The maximum absolute atomic E-state index is 14.1. The van der Waals surface area contributed by atoms with Crippen molar-refractivity contribution >= 4 is 46.0 Å². The number of aromatic nitrogens is 2. The molecule has 0 saturated heterocycles. The number of hydrogen-bond acceptors (Lipinski definition) is 4. The molecule has 8 heteroatoms. The van der Waals surface area contributed by atoms with Crippen LogP contribution in [0.15, 0.2) is 41.1 Å². The fourth-order valence-corrected chi connectivity index (χ4v) is 3.06. The highest BCUT2D eigenvalue weighted by Crippen LogP contribution is 2.39. The second-order valence-corrected chi connectivity index (χ2v) is 6.44. The van der Waals surface area contributed by atoms with E-state index in [9.17, 15) is 9.18 Å². The molecule has 130 valence electrons. The quantitative estimate of drug-likeness (QED) is 0.480. The van der Waals surface area contributed by atoms with Crippen molar-refractivity contribution in [1.82, 2.24) is 9.97 Å². The number of carbonyl (C=O) groups is 1. The first-order valence-corrected chi connectivity index (χ1v) is 8.29. The van der Waals surface area contributed by atoms with Gasteiger partial charge in [0.05, 0.1) is 22.5 Å². The molecule has 4 aromatic rings. The van der Waals surface area contributed by atoms with Crippen LogP contribution in [0, 0.1) is 12.7 Å². The number of nitrogens with zero attached hydrogens (tertiary/aromatic N) is 2. The molecule has 1 N–H and O–H groups in total. The zero-order valence-electron chi connectivity index (χ0n) is 13.3. The average Bonchev–Trinajstić information content (AvgIpc) is 3.15. The Hall–Kier alpha value is -2.70. The third kappa shape index (κ3) is 2.77. The molecule has 0 aromatic carbocycles. The molecule has 0 spiro atoms. The van der Waals surface area contributed by atoms with E-state index in [0.29, 0.717) is 22.4 Å². The molecule has 0 saturated carbocycles. The second-order valence-electron chi connectivity index (χ2n) is 5.67. The van der Waals surface area contributed by atoms with Gasteiger partial charge in [0.25, 0.3) is 5.91 Å². The lowest BCUT2D eigenvalue weighted by Gasteiger charge is -2.08. The summed E-state index contributed by atoms with van der Waals surface area (Å²) in [5.74, 6) is -1.13. The first-order valence-electron chi connectivity index (χ1n) is 7.54. The number of fused-ring (bicyclic) bond motifs is 2. The van der Waals surface area contributed by atoms with E-state index in [2.05, 4.69) is 15.3 Å². The number of carbonyl (C=O) groups excluding carboxylic acids is 1. The molecule has 4 aromatic heterocycles. The van der Waals surface area contributed by atoms with Gasteiger partial charge in [-0.25, -0.2) is 9.37 Å². The van der Waals surface area contributed by atoms with Crippen LogP contribution in [0.3, 0.4) is 0 Å². The van der Waals surface area contributed by atoms with Gasteiger partial charge >= 0.3 is 0 Å². The predicted molar refractivity (Wildman–Crippen MR) is 97.5 cm³/mol. The highest BCUT2D eigenvalue weighted by molar-refractivity contribution is 6.41.